The van der Waals surface area contributed by atoms with Gasteiger partial charge < -0.3 is 9.32 Å². The molecule has 112 valence electrons. The molecule has 2 aromatic rings. The van der Waals surface area contributed by atoms with Crippen molar-refractivity contribution in [2.24, 2.45) is 5.92 Å². The summed E-state index contributed by atoms with van der Waals surface area (Å²) >= 11 is 0. The van der Waals surface area contributed by atoms with E-state index >= 15 is 0 Å². The minimum Gasteiger partial charge on any atom is -0.464 e. The molecule has 0 radical (unpaired) electrons. The van der Waals surface area contributed by atoms with E-state index in [4.69, 9.17) is 4.42 Å². The molecule has 1 amide bonds. The van der Waals surface area contributed by atoms with E-state index in [-0.39, 0.29) is 11.9 Å². The predicted molar refractivity (Wildman–Crippen MR) is 76.6 cm³/mol. The van der Waals surface area contributed by atoms with Gasteiger partial charge in [-0.25, -0.2) is 0 Å². The van der Waals surface area contributed by atoms with E-state index in [2.05, 4.69) is 29.3 Å². The SMILES string of the molecule is CCc1ccc([C@H]2C[C@@H](C)CCN2C(=O)c2cn[nH]n2)o1. The molecule has 6 nitrogen and oxygen atoms in total. The average Bonchev–Trinajstić information content (AvgIpc) is 3.18. The lowest BCUT2D eigenvalue weighted by atomic mass is 9.91. The number of furan rings is 1. The summed E-state index contributed by atoms with van der Waals surface area (Å²) in [4.78, 5) is 14.4. The number of hydrogen-bond acceptors (Lipinski definition) is 4. The standard InChI is InChI=1S/C15H20N4O2/c1-3-11-4-5-14(21-11)13-8-10(2)6-7-19(13)15(20)12-9-16-18-17-12/h4-5,9-10,13H,3,6-8H2,1-2H3,(H,16,17,18)/t10-,13+/m0/s1. The predicted octanol–water partition coefficient (Wildman–Crippen LogP) is 2.57. The zero-order chi connectivity index (χ0) is 14.8. The molecule has 1 aliphatic rings. The number of nitrogens with zero attached hydrogens (tertiary/aromatic N) is 3. The van der Waals surface area contributed by atoms with Crippen molar-refractivity contribution < 1.29 is 9.21 Å². The Labute approximate surface area is 123 Å². The maximum atomic E-state index is 12.6. The van der Waals surface area contributed by atoms with E-state index in [1.807, 2.05) is 17.0 Å². The van der Waals surface area contributed by atoms with Gasteiger partial charge in [0, 0.05) is 13.0 Å². The lowest BCUT2D eigenvalue weighted by Gasteiger charge is -2.37. The van der Waals surface area contributed by atoms with Crippen molar-refractivity contribution in [1.82, 2.24) is 20.3 Å². The number of aromatic nitrogens is 3. The zero-order valence-corrected chi connectivity index (χ0v) is 12.4. The van der Waals surface area contributed by atoms with Crippen molar-refractivity contribution in [1.29, 1.82) is 0 Å². The van der Waals surface area contributed by atoms with Gasteiger partial charge >= 0.3 is 0 Å². The fraction of sp³-hybridized carbons (Fsp3) is 0.533. The zero-order valence-electron chi connectivity index (χ0n) is 12.4. The highest BCUT2D eigenvalue weighted by Gasteiger charge is 2.34. The van der Waals surface area contributed by atoms with Crippen molar-refractivity contribution in [3.05, 3.63) is 35.5 Å². The lowest BCUT2D eigenvalue weighted by molar-refractivity contribution is 0.0513. The lowest BCUT2D eigenvalue weighted by Crippen LogP contribution is -2.40. The highest BCUT2D eigenvalue weighted by atomic mass is 16.3. The van der Waals surface area contributed by atoms with Crippen LogP contribution in [0.5, 0.6) is 0 Å². The monoisotopic (exact) mass is 288 g/mol. The molecule has 0 aromatic carbocycles. The second kappa shape index (κ2) is 5.71. The van der Waals surface area contributed by atoms with Gasteiger partial charge in [-0.15, -0.1) is 0 Å². The van der Waals surface area contributed by atoms with Gasteiger partial charge in [0.2, 0.25) is 0 Å². The van der Waals surface area contributed by atoms with Crippen molar-refractivity contribution in [3.8, 4) is 0 Å². The second-order valence-corrected chi connectivity index (χ2v) is 5.66. The first-order valence-electron chi connectivity index (χ1n) is 7.44. The molecule has 3 heterocycles. The van der Waals surface area contributed by atoms with Crippen molar-refractivity contribution >= 4 is 5.91 Å². The smallest absolute Gasteiger partial charge is 0.276 e. The maximum absolute atomic E-state index is 12.6. The number of amides is 1. The van der Waals surface area contributed by atoms with Crippen LogP contribution in [0, 0.1) is 5.92 Å². The number of H-pyrrole nitrogens is 1. The Kier molecular flexibility index (Phi) is 3.77. The van der Waals surface area contributed by atoms with Gasteiger partial charge in [0.25, 0.3) is 5.91 Å². The van der Waals surface area contributed by atoms with Gasteiger partial charge in [-0.3, -0.25) is 4.79 Å². The molecule has 0 bridgehead atoms. The molecule has 1 N–H and O–H groups in total. The molecule has 1 fully saturated rings. The first-order valence-corrected chi connectivity index (χ1v) is 7.44. The topological polar surface area (TPSA) is 75.0 Å². The Hall–Kier alpha value is -2.11. The van der Waals surface area contributed by atoms with E-state index in [0.29, 0.717) is 11.6 Å². The Morgan fingerprint density at radius 3 is 3.05 bits per heavy atom. The van der Waals surface area contributed by atoms with Crippen molar-refractivity contribution in [2.75, 3.05) is 6.54 Å². The quantitative estimate of drug-likeness (QED) is 0.942. The molecule has 1 saturated heterocycles. The highest BCUT2D eigenvalue weighted by Crippen LogP contribution is 2.35. The number of carbonyl (C=O) groups is 1. The van der Waals surface area contributed by atoms with Crippen LogP contribution in [-0.4, -0.2) is 32.8 Å². The first-order chi connectivity index (χ1) is 10.2. The number of piperidine rings is 1. The number of nitrogens with one attached hydrogen (secondary N) is 1. The Morgan fingerprint density at radius 1 is 1.52 bits per heavy atom. The number of likely N-dealkylation sites (tertiary alicyclic amines) is 1. The van der Waals surface area contributed by atoms with E-state index in [1.54, 1.807) is 0 Å². The summed E-state index contributed by atoms with van der Waals surface area (Å²) in [7, 11) is 0. The molecule has 1 aliphatic heterocycles. The Balaban J connectivity index is 1.87. The molecule has 2 aromatic heterocycles. The number of rotatable bonds is 3. The molecule has 2 atom stereocenters. The van der Waals surface area contributed by atoms with Crippen LogP contribution in [-0.2, 0) is 6.42 Å². The van der Waals surface area contributed by atoms with Gasteiger partial charge in [-0.05, 0) is 30.9 Å². The fourth-order valence-electron chi connectivity index (χ4n) is 2.87. The van der Waals surface area contributed by atoms with E-state index in [0.717, 1.165) is 37.3 Å². The third kappa shape index (κ3) is 2.70. The summed E-state index contributed by atoms with van der Waals surface area (Å²) in [6, 6.07) is 3.97. The number of carbonyl (C=O) groups excluding carboxylic acids is 1. The van der Waals surface area contributed by atoms with E-state index < -0.39 is 0 Å². The minimum absolute atomic E-state index is 0.0155. The summed E-state index contributed by atoms with van der Waals surface area (Å²) < 4.78 is 5.88. The van der Waals surface area contributed by atoms with E-state index in [1.165, 1.54) is 6.20 Å². The van der Waals surface area contributed by atoms with Crippen LogP contribution in [0.3, 0.4) is 0 Å². The van der Waals surface area contributed by atoms with Crippen LogP contribution < -0.4 is 0 Å². The molecule has 0 spiro atoms. The van der Waals surface area contributed by atoms with Crippen molar-refractivity contribution in [3.63, 3.8) is 0 Å². The van der Waals surface area contributed by atoms with Crippen molar-refractivity contribution in [2.45, 2.75) is 39.2 Å². The van der Waals surface area contributed by atoms with Crippen LogP contribution >= 0.6 is 0 Å². The highest BCUT2D eigenvalue weighted by molar-refractivity contribution is 5.92. The number of aryl methyl sites for hydroxylation is 1. The van der Waals surface area contributed by atoms with Crippen LogP contribution in [0.4, 0.5) is 0 Å². The van der Waals surface area contributed by atoms with Gasteiger partial charge in [0.05, 0.1) is 12.2 Å². The molecule has 3 rings (SSSR count). The molecule has 6 heteroatoms. The van der Waals surface area contributed by atoms with Crippen LogP contribution in [0.15, 0.2) is 22.7 Å². The third-order valence-corrected chi connectivity index (χ3v) is 4.12. The summed E-state index contributed by atoms with van der Waals surface area (Å²) in [6.45, 7) is 5.00. The van der Waals surface area contributed by atoms with Gasteiger partial charge in [0.15, 0.2) is 5.69 Å². The number of aromatic amines is 1. The summed E-state index contributed by atoms with van der Waals surface area (Å²) in [5, 5.41) is 10.1. The van der Waals surface area contributed by atoms with Crippen LogP contribution in [0.25, 0.3) is 0 Å². The van der Waals surface area contributed by atoms with Gasteiger partial charge in [-0.2, -0.15) is 15.4 Å². The fourth-order valence-corrected chi connectivity index (χ4v) is 2.87. The minimum atomic E-state index is -0.0879. The summed E-state index contributed by atoms with van der Waals surface area (Å²) in [6.07, 6.45) is 4.25. The molecule has 0 saturated carbocycles. The summed E-state index contributed by atoms with van der Waals surface area (Å²) in [5.41, 5.74) is 0.358. The molecule has 0 aliphatic carbocycles. The third-order valence-electron chi connectivity index (χ3n) is 4.12. The van der Waals surface area contributed by atoms with Crippen LogP contribution in [0.1, 0.15) is 54.7 Å². The van der Waals surface area contributed by atoms with Gasteiger partial charge in [0.1, 0.15) is 11.5 Å². The largest absolute Gasteiger partial charge is 0.464 e. The average molecular weight is 288 g/mol. The molecular formula is C15H20N4O2. The second-order valence-electron chi connectivity index (χ2n) is 5.66. The van der Waals surface area contributed by atoms with E-state index in [9.17, 15) is 4.79 Å². The Bertz CT molecular complexity index is 605. The number of hydrogen-bond donors (Lipinski definition) is 1. The maximum Gasteiger partial charge on any atom is 0.276 e. The summed E-state index contributed by atoms with van der Waals surface area (Å²) in [5.74, 6) is 2.31. The molecular weight excluding hydrogens is 268 g/mol. The van der Waals surface area contributed by atoms with Crippen LogP contribution in [0.2, 0.25) is 0 Å². The molecule has 0 unspecified atom stereocenters. The van der Waals surface area contributed by atoms with Gasteiger partial charge in [-0.1, -0.05) is 13.8 Å². The Morgan fingerprint density at radius 2 is 2.38 bits per heavy atom. The first kappa shape index (κ1) is 13.9. The molecule has 21 heavy (non-hydrogen) atoms. The normalized spacial score (nSPS) is 22.5.